The minimum absolute atomic E-state index is 0.0916. The molecule has 0 aliphatic carbocycles. The lowest BCUT2D eigenvalue weighted by atomic mass is 9.74. The molecule has 0 saturated carbocycles. The summed E-state index contributed by atoms with van der Waals surface area (Å²) >= 11 is 0. The van der Waals surface area contributed by atoms with Crippen LogP contribution in [0.5, 0.6) is 0 Å². The molecule has 3 heteroatoms. The van der Waals surface area contributed by atoms with E-state index >= 15 is 0 Å². The average Bonchev–Trinajstić information content (AvgIpc) is 2.35. The molecule has 0 aromatic heterocycles. The number of rotatable bonds is 4. The van der Waals surface area contributed by atoms with Gasteiger partial charge in [0, 0.05) is 12.5 Å². The fraction of sp³-hybridized carbons (Fsp3) is 1.00. The molecule has 1 saturated heterocycles. The minimum Gasteiger partial charge on any atom is -0.369 e. The van der Waals surface area contributed by atoms with Crippen molar-refractivity contribution in [3.63, 3.8) is 0 Å². The third-order valence-electron chi connectivity index (χ3n) is 3.70. The van der Waals surface area contributed by atoms with E-state index in [9.17, 15) is 4.39 Å². The van der Waals surface area contributed by atoms with E-state index in [4.69, 9.17) is 10.5 Å². The number of hydrogen-bond donors (Lipinski definition) is 1. The highest BCUT2D eigenvalue weighted by molar-refractivity contribution is 5.04. The molecule has 1 heterocycles. The van der Waals surface area contributed by atoms with Crippen LogP contribution in [0, 0.1) is 5.92 Å². The van der Waals surface area contributed by atoms with Crippen LogP contribution in [-0.4, -0.2) is 23.4 Å². The van der Waals surface area contributed by atoms with Crippen molar-refractivity contribution in [1.29, 1.82) is 0 Å². The van der Waals surface area contributed by atoms with E-state index in [1.807, 2.05) is 34.6 Å². The van der Waals surface area contributed by atoms with Gasteiger partial charge >= 0.3 is 0 Å². The summed E-state index contributed by atoms with van der Waals surface area (Å²) in [5.41, 5.74) is 3.70. The van der Waals surface area contributed by atoms with Gasteiger partial charge in [-0.25, -0.2) is 4.39 Å². The van der Waals surface area contributed by atoms with E-state index in [1.165, 1.54) is 0 Å². The van der Waals surface area contributed by atoms with E-state index in [0.29, 0.717) is 6.42 Å². The first kappa shape index (κ1) is 13.9. The van der Waals surface area contributed by atoms with E-state index in [2.05, 4.69) is 0 Å². The second-order valence-electron chi connectivity index (χ2n) is 6.21. The van der Waals surface area contributed by atoms with Crippen molar-refractivity contribution in [2.45, 2.75) is 70.8 Å². The van der Waals surface area contributed by atoms with Gasteiger partial charge in [0.15, 0.2) is 0 Å². The Morgan fingerprint density at radius 1 is 1.38 bits per heavy atom. The molecule has 1 rings (SSSR count). The topological polar surface area (TPSA) is 35.2 Å². The summed E-state index contributed by atoms with van der Waals surface area (Å²) in [5, 5.41) is 0. The SMILES string of the molecule is CCCC(F)(CN)C1CC(C)(C)OC1(C)C. The third kappa shape index (κ3) is 2.57. The van der Waals surface area contributed by atoms with Gasteiger partial charge in [-0.1, -0.05) is 13.3 Å². The number of alkyl halides is 1. The molecular weight excluding hydrogens is 205 g/mol. The van der Waals surface area contributed by atoms with Gasteiger partial charge in [-0.05, 0) is 40.5 Å². The van der Waals surface area contributed by atoms with Crippen molar-refractivity contribution in [2.24, 2.45) is 11.7 Å². The van der Waals surface area contributed by atoms with Gasteiger partial charge in [0.1, 0.15) is 5.67 Å². The van der Waals surface area contributed by atoms with Crippen LogP contribution >= 0.6 is 0 Å². The lowest BCUT2D eigenvalue weighted by Crippen LogP contribution is -2.48. The molecule has 2 nitrogen and oxygen atoms in total. The second-order valence-corrected chi connectivity index (χ2v) is 6.21. The maximum absolute atomic E-state index is 14.9. The van der Waals surface area contributed by atoms with Crippen LogP contribution in [0.4, 0.5) is 4.39 Å². The molecule has 2 N–H and O–H groups in total. The Labute approximate surface area is 98.7 Å². The molecule has 2 unspecified atom stereocenters. The van der Waals surface area contributed by atoms with Gasteiger partial charge in [-0.3, -0.25) is 0 Å². The number of halogens is 1. The van der Waals surface area contributed by atoms with Crippen LogP contribution in [0.25, 0.3) is 0 Å². The fourth-order valence-electron chi connectivity index (χ4n) is 3.20. The molecule has 0 bridgehead atoms. The maximum atomic E-state index is 14.9. The van der Waals surface area contributed by atoms with Crippen LogP contribution < -0.4 is 5.73 Å². The summed E-state index contributed by atoms with van der Waals surface area (Å²) in [6.07, 6.45) is 2.09. The number of ether oxygens (including phenoxy) is 1. The Kier molecular flexibility index (Phi) is 3.71. The zero-order valence-electron chi connectivity index (χ0n) is 11.3. The highest BCUT2D eigenvalue weighted by Crippen LogP contribution is 2.49. The third-order valence-corrected chi connectivity index (χ3v) is 3.70. The van der Waals surface area contributed by atoms with Crippen molar-refractivity contribution in [2.75, 3.05) is 6.54 Å². The first-order chi connectivity index (χ1) is 7.17. The van der Waals surface area contributed by atoms with Crippen molar-refractivity contribution in [3.8, 4) is 0 Å². The smallest absolute Gasteiger partial charge is 0.128 e. The molecule has 0 spiro atoms. The van der Waals surface area contributed by atoms with Gasteiger partial charge in [-0.15, -0.1) is 0 Å². The highest BCUT2D eigenvalue weighted by atomic mass is 19.1. The molecular formula is C13H26FNO. The summed E-state index contributed by atoms with van der Waals surface area (Å²) in [5.74, 6) is -0.111. The van der Waals surface area contributed by atoms with Crippen LogP contribution in [0.1, 0.15) is 53.9 Å². The van der Waals surface area contributed by atoms with Crippen LogP contribution in [0.15, 0.2) is 0 Å². The number of nitrogens with two attached hydrogens (primary N) is 1. The van der Waals surface area contributed by atoms with Crippen molar-refractivity contribution in [1.82, 2.24) is 0 Å². The van der Waals surface area contributed by atoms with E-state index in [-0.39, 0.29) is 18.1 Å². The molecule has 2 atom stereocenters. The van der Waals surface area contributed by atoms with E-state index in [1.54, 1.807) is 0 Å². The summed E-state index contributed by atoms with van der Waals surface area (Å²) in [4.78, 5) is 0. The molecule has 0 aromatic carbocycles. The molecule has 16 heavy (non-hydrogen) atoms. The van der Waals surface area contributed by atoms with Crippen LogP contribution in [0.2, 0.25) is 0 Å². The van der Waals surface area contributed by atoms with Crippen molar-refractivity contribution >= 4 is 0 Å². The predicted octanol–water partition coefficient (Wildman–Crippen LogP) is 3.05. The predicted molar refractivity (Wildman–Crippen MR) is 65.2 cm³/mol. The molecule has 0 amide bonds. The average molecular weight is 231 g/mol. The second kappa shape index (κ2) is 4.26. The van der Waals surface area contributed by atoms with E-state index in [0.717, 1.165) is 12.8 Å². The normalized spacial score (nSPS) is 31.3. The standard InChI is InChI=1S/C13H26FNO/c1-6-7-13(14,9-15)10-8-11(2,3)16-12(10,4)5/h10H,6-9,15H2,1-5H3. The Morgan fingerprint density at radius 3 is 2.25 bits per heavy atom. The summed E-state index contributed by atoms with van der Waals surface area (Å²) in [6.45, 7) is 10.1. The fourth-order valence-corrected chi connectivity index (χ4v) is 3.20. The summed E-state index contributed by atoms with van der Waals surface area (Å²) in [7, 11) is 0. The Bertz CT molecular complexity index is 252. The van der Waals surface area contributed by atoms with Gasteiger partial charge < -0.3 is 10.5 Å². The largest absolute Gasteiger partial charge is 0.369 e. The highest BCUT2D eigenvalue weighted by Gasteiger charge is 2.55. The first-order valence-electron chi connectivity index (χ1n) is 6.26. The summed E-state index contributed by atoms with van der Waals surface area (Å²) < 4.78 is 20.8. The van der Waals surface area contributed by atoms with E-state index < -0.39 is 11.3 Å². The zero-order chi connectivity index (χ0) is 12.6. The monoisotopic (exact) mass is 231 g/mol. The summed E-state index contributed by atoms with van der Waals surface area (Å²) in [6, 6.07) is 0. The van der Waals surface area contributed by atoms with Gasteiger partial charge in [-0.2, -0.15) is 0 Å². The molecule has 0 aromatic rings. The number of hydrogen-bond acceptors (Lipinski definition) is 2. The lowest BCUT2D eigenvalue weighted by Gasteiger charge is -2.37. The zero-order valence-corrected chi connectivity index (χ0v) is 11.3. The lowest BCUT2D eigenvalue weighted by molar-refractivity contribution is -0.0942. The molecule has 0 radical (unpaired) electrons. The molecule has 1 fully saturated rings. The minimum atomic E-state index is -1.29. The van der Waals surface area contributed by atoms with Crippen molar-refractivity contribution in [3.05, 3.63) is 0 Å². The molecule has 1 aliphatic rings. The van der Waals surface area contributed by atoms with Crippen LogP contribution in [-0.2, 0) is 4.74 Å². The first-order valence-corrected chi connectivity index (χ1v) is 6.26. The quantitative estimate of drug-likeness (QED) is 0.807. The van der Waals surface area contributed by atoms with Gasteiger partial charge in [0.25, 0.3) is 0 Å². The van der Waals surface area contributed by atoms with Crippen LogP contribution in [0.3, 0.4) is 0 Å². The Balaban J connectivity index is 2.94. The van der Waals surface area contributed by atoms with Gasteiger partial charge in [0.05, 0.1) is 11.2 Å². The molecule has 96 valence electrons. The van der Waals surface area contributed by atoms with Crippen molar-refractivity contribution < 1.29 is 9.13 Å². The van der Waals surface area contributed by atoms with Gasteiger partial charge in [0.2, 0.25) is 0 Å². The Hall–Kier alpha value is -0.150. The Morgan fingerprint density at radius 2 is 1.94 bits per heavy atom. The molecule has 1 aliphatic heterocycles. The maximum Gasteiger partial charge on any atom is 0.128 e.